The van der Waals surface area contributed by atoms with Gasteiger partial charge in [0.15, 0.2) is 0 Å². The molecular formula is C15H14N2O3S. The highest BCUT2D eigenvalue weighted by Crippen LogP contribution is 2.33. The summed E-state index contributed by atoms with van der Waals surface area (Å²) < 4.78 is 25.9. The number of nitrogens with zero attached hydrogens (tertiary/aromatic N) is 1. The van der Waals surface area contributed by atoms with Crippen LogP contribution in [0.15, 0.2) is 47.4 Å². The Hall–Kier alpha value is -2.34. The smallest absolute Gasteiger partial charge is 0.269 e. The molecule has 108 valence electrons. The Labute approximate surface area is 123 Å². The number of carbonyl (C=O) groups is 1. The predicted octanol–water partition coefficient (Wildman–Crippen LogP) is 1.92. The van der Waals surface area contributed by atoms with Crippen LogP contribution in [-0.4, -0.2) is 18.6 Å². The van der Waals surface area contributed by atoms with Crippen LogP contribution >= 0.6 is 0 Å². The van der Waals surface area contributed by atoms with Crippen LogP contribution in [-0.2, 0) is 16.6 Å². The number of fused-ring (bicyclic) bond motifs is 1. The predicted molar refractivity (Wildman–Crippen MR) is 79.1 cm³/mol. The van der Waals surface area contributed by atoms with Crippen LogP contribution in [0.5, 0.6) is 0 Å². The summed E-state index contributed by atoms with van der Waals surface area (Å²) in [4.78, 5) is 12.4. The summed E-state index contributed by atoms with van der Waals surface area (Å²) in [6.07, 6.45) is 0. The quantitative estimate of drug-likeness (QED) is 0.859. The third kappa shape index (κ3) is 2.08. The molecule has 21 heavy (non-hydrogen) atoms. The number of aryl methyl sites for hydroxylation is 1. The summed E-state index contributed by atoms with van der Waals surface area (Å²) in [7, 11) is -3.80. The zero-order valence-corrected chi connectivity index (χ0v) is 12.2. The molecule has 0 radical (unpaired) electrons. The second-order valence-corrected chi connectivity index (χ2v) is 6.83. The Balaban J connectivity index is 2.07. The van der Waals surface area contributed by atoms with Gasteiger partial charge in [0.1, 0.15) is 4.90 Å². The second-order valence-electron chi connectivity index (χ2n) is 5.00. The first-order valence-corrected chi connectivity index (χ1v) is 7.86. The van der Waals surface area contributed by atoms with E-state index in [-0.39, 0.29) is 17.0 Å². The fraction of sp³-hybridized carbons (Fsp3) is 0.133. The van der Waals surface area contributed by atoms with Gasteiger partial charge in [0.25, 0.3) is 15.9 Å². The van der Waals surface area contributed by atoms with Crippen molar-refractivity contribution in [3.63, 3.8) is 0 Å². The molecule has 0 aliphatic carbocycles. The van der Waals surface area contributed by atoms with Crippen molar-refractivity contribution in [1.82, 2.24) is 4.31 Å². The van der Waals surface area contributed by atoms with E-state index in [1.54, 1.807) is 0 Å². The first kappa shape index (κ1) is 13.6. The van der Waals surface area contributed by atoms with Crippen LogP contribution in [0.3, 0.4) is 0 Å². The van der Waals surface area contributed by atoms with E-state index in [1.807, 2.05) is 31.2 Å². The lowest BCUT2D eigenvalue weighted by Crippen LogP contribution is -2.29. The molecule has 0 saturated heterocycles. The number of benzene rings is 2. The third-order valence-electron chi connectivity index (χ3n) is 3.60. The van der Waals surface area contributed by atoms with E-state index < -0.39 is 15.9 Å². The van der Waals surface area contributed by atoms with Crippen LogP contribution in [0.1, 0.15) is 21.5 Å². The van der Waals surface area contributed by atoms with Crippen LogP contribution < -0.4 is 5.73 Å². The van der Waals surface area contributed by atoms with Gasteiger partial charge in [-0.3, -0.25) is 4.79 Å². The Morgan fingerprint density at radius 3 is 2.57 bits per heavy atom. The van der Waals surface area contributed by atoms with Gasteiger partial charge in [0.05, 0.1) is 12.1 Å². The number of hydrogen-bond donors (Lipinski definition) is 1. The maximum Gasteiger partial charge on any atom is 0.269 e. The van der Waals surface area contributed by atoms with Crippen molar-refractivity contribution in [3.8, 4) is 0 Å². The topological polar surface area (TPSA) is 80.5 Å². The van der Waals surface area contributed by atoms with Crippen LogP contribution in [0.25, 0.3) is 0 Å². The van der Waals surface area contributed by atoms with Crippen molar-refractivity contribution in [2.45, 2.75) is 18.4 Å². The summed E-state index contributed by atoms with van der Waals surface area (Å²) in [5, 5.41) is 0. The highest BCUT2D eigenvalue weighted by molar-refractivity contribution is 7.90. The fourth-order valence-corrected chi connectivity index (χ4v) is 3.93. The zero-order chi connectivity index (χ0) is 15.2. The first-order chi connectivity index (χ1) is 9.91. The van der Waals surface area contributed by atoms with Crippen molar-refractivity contribution in [2.75, 3.05) is 5.73 Å². The van der Waals surface area contributed by atoms with Gasteiger partial charge in [-0.25, -0.2) is 12.7 Å². The second kappa shape index (κ2) is 4.60. The number of nitrogens with two attached hydrogens (primary N) is 1. The lowest BCUT2D eigenvalue weighted by molar-refractivity contribution is 0.0865. The van der Waals surface area contributed by atoms with E-state index >= 15 is 0 Å². The minimum absolute atomic E-state index is 0.0234. The molecule has 1 aliphatic rings. The fourth-order valence-electron chi connectivity index (χ4n) is 2.40. The van der Waals surface area contributed by atoms with E-state index in [9.17, 15) is 13.2 Å². The lowest BCUT2D eigenvalue weighted by Gasteiger charge is -2.16. The molecule has 1 heterocycles. The van der Waals surface area contributed by atoms with Gasteiger partial charge >= 0.3 is 0 Å². The number of hydrogen-bond acceptors (Lipinski definition) is 4. The van der Waals surface area contributed by atoms with E-state index in [2.05, 4.69) is 0 Å². The van der Waals surface area contributed by atoms with Crippen molar-refractivity contribution in [2.24, 2.45) is 0 Å². The van der Waals surface area contributed by atoms with Gasteiger partial charge < -0.3 is 5.73 Å². The Morgan fingerprint density at radius 2 is 1.86 bits per heavy atom. The lowest BCUT2D eigenvalue weighted by atomic mass is 10.1. The van der Waals surface area contributed by atoms with Crippen molar-refractivity contribution >= 4 is 21.6 Å². The van der Waals surface area contributed by atoms with Gasteiger partial charge in [-0.1, -0.05) is 24.3 Å². The van der Waals surface area contributed by atoms with Crippen molar-refractivity contribution < 1.29 is 13.2 Å². The zero-order valence-electron chi connectivity index (χ0n) is 11.4. The number of carbonyl (C=O) groups excluding carboxylic acids is 1. The number of amides is 1. The third-order valence-corrected chi connectivity index (χ3v) is 5.39. The minimum atomic E-state index is -3.80. The number of rotatable bonds is 2. The molecule has 5 nitrogen and oxygen atoms in total. The molecule has 0 saturated carbocycles. The molecule has 1 aliphatic heterocycles. The molecule has 0 spiro atoms. The molecule has 0 unspecified atom stereocenters. The van der Waals surface area contributed by atoms with Gasteiger partial charge in [-0.15, -0.1) is 0 Å². The summed E-state index contributed by atoms with van der Waals surface area (Å²) in [5.74, 6) is -0.527. The summed E-state index contributed by atoms with van der Waals surface area (Å²) in [6.45, 7) is 1.91. The van der Waals surface area contributed by atoms with Gasteiger partial charge in [0, 0.05) is 5.69 Å². The number of nitrogen functional groups attached to an aromatic ring is 1. The van der Waals surface area contributed by atoms with Gasteiger partial charge in [0.2, 0.25) is 0 Å². The monoisotopic (exact) mass is 302 g/mol. The summed E-state index contributed by atoms with van der Waals surface area (Å²) >= 11 is 0. The molecule has 3 rings (SSSR count). The molecule has 2 aromatic carbocycles. The maximum atomic E-state index is 12.5. The van der Waals surface area contributed by atoms with Crippen molar-refractivity contribution in [1.29, 1.82) is 0 Å². The number of sulfonamides is 1. The molecule has 6 heteroatoms. The molecule has 0 fully saturated rings. The van der Waals surface area contributed by atoms with E-state index in [1.165, 1.54) is 18.2 Å². The summed E-state index contributed by atoms with van der Waals surface area (Å²) in [6, 6.07) is 11.7. The standard InChI is InChI=1S/C15H14N2O3S/c1-10-4-2-3-5-11(10)9-17-15(18)13-8-12(16)6-7-14(13)21(17,19)20/h2-8H,9,16H2,1H3. The molecular weight excluding hydrogens is 288 g/mol. The SMILES string of the molecule is Cc1ccccc1CN1C(=O)c2cc(N)ccc2S1(=O)=O. The Kier molecular flexibility index (Phi) is 2.98. The normalized spacial score (nSPS) is 16.0. The molecule has 0 atom stereocenters. The average Bonchev–Trinajstić information content (AvgIpc) is 2.62. The molecule has 0 bridgehead atoms. The average molecular weight is 302 g/mol. The van der Waals surface area contributed by atoms with Gasteiger partial charge in [-0.05, 0) is 36.2 Å². The van der Waals surface area contributed by atoms with Crippen LogP contribution in [0.4, 0.5) is 5.69 Å². The molecule has 2 N–H and O–H groups in total. The molecule has 2 aromatic rings. The molecule has 1 amide bonds. The number of anilines is 1. The highest BCUT2D eigenvalue weighted by Gasteiger charge is 2.41. The van der Waals surface area contributed by atoms with Crippen LogP contribution in [0.2, 0.25) is 0 Å². The Morgan fingerprint density at radius 1 is 1.14 bits per heavy atom. The highest BCUT2D eigenvalue weighted by atomic mass is 32.2. The summed E-state index contributed by atoms with van der Waals surface area (Å²) in [5.41, 5.74) is 7.89. The minimum Gasteiger partial charge on any atom is -0.399 e. The Bertz CT molecular complexity index is 844. The van der Waals surface area contributed by atoms with E-state index in [0.717, 1.165) is 15.4 Å². The maximum absolute atomic E-state index is 12.5. The van der Waals surface area contributed by atoms with Crippen molar-refractivity contribution in [3.05, 3.63) is 59.2 Å². The van der Waals surface area contributed by atoms with Crippen LogP contribution in [0, 0.1) is 6.92 Å². The largest absolute Gasteiger partial charge is 0.399 e. The van der Waals surface area contributed by atoms with E-state index in [0.29, 0.717) is 5.69 Å². The van der Waals surface area contributed by atoms with Gasteiger partial charge in [-0.2, -0.15) is 0 Å². The molecule has 0 aromatic heterocycles. The first-order valence-electron chi connectivity index (χ1n) is 6.42. The van der Waals surface area contributed by atoms with E-state index in [4.69, 9.17) is 5.73 Å².